The number of aliphatic imine (C=N–C) groups is 1. The standard InChI is InChI=1S/C21H34N4O2.HI/c1-17-5-7-18(8-6-17)20-19(4-2-13-27-20)16-24-21(22)23-9-3-10-25-11-14-26-15-12-25;/h5-8,19-20H,2-4,9-16H2,1H3,(H3,22,23,24);1H. The Labute approximate surface area is 186 Å². The minimum absolute atomic E-state index is 0. The molecule has 28 heavy (non-hydrogen) atoms. The Bertz CT molecular complexity index is 591. The molecule has 0 bridgehead atoms. The fourth-order valence-electron chi connectivity index (χ4n) is 3.77. The zero-order valence-corrected chi connectivity index (χ0v) is 19.3. The molecule has 0 amide bonds. The number of nitrogens with one attached hydrogen (secondary N) is 1. The Kier molecular flexibility index (Phi) is 10.5. The molecule has 158 valence electrons. The highest BCUT2D eigenvalue weighted by Crippen LogP contribution is 2.33. The van der Waals surface area contributed by atoms with Crippen LogP contribution in [0.25, 0.3) is 0 Å². The van der Waals surface area contributed by atoms with Gasteiger partial charge in [0.25, 0.3) is 0 Å². The molecule has 1 aromatic rings. The Balaban J connectivity index is 0.00000280. The summed E-state index contributed by atoms with van der Waals surface area (Å²) in [6, 6.07) is 8.65. The molecule has 0 aliphatic carbocycles. The van der Waals surface area contributed by atoms with Crippen molar-refractivity contribution in [1.29, 1.82) is 0 Å². The van der Waals surface area contributed by atoms with Crippen molar-refractivity contribution < 1.29 is 9.47 Å². The number of hydrogen-bond acceptors (Lipinski definition) is 4. The van der Waals surface area contributed by atoms with E-state index in [0.29, 0.717) is 18.4 Å². The molecule has 1 aromatic carbocycles. The van der Waals surface area contributed by atoms with Crippen LogP contribution >= 0.6 is 24.0 Å². The Morgan fingerprint density at radius 3 is 2.71 bits per heavy atom. The SMILES string of the molecule is Cc1ccc(C2OCCCC2CN=C(N)NCCCN2CCOCC2)cc1.I. The largest absolute Gasteiger partial charge is 0.379 e. The lowest BCUT2D eigenvalue weighted by Gasteiger charge is -2.31. The maximum absolute atomic E-state index is 6.08. The Hall–Kier alpha value is -0.900. The second kappa shape index (κ2) is 12.6. The molecule has 0 aromatic heterocycles. The van der Waals surface area contributed by atoms with Gasteiger partial charge in [0.1, 0.15) is 0 Å². The van der Waals surface area contributed by atoms with Gasteiger partial charge in [-0.25, -0.2) is 0 Å². The first-order valence-corrected chi connectivity index (χ1v) is 10.2. The molecular weight excluding hydrogens is 467 g/mol. The maximum atomic E-state index is 6.08. The van der Waals surface area contributed by atoms with Crippen LogP contribution in [-0.4, -0.2) is 63.4 Å². The summed E-state index contributed by atoms with van der Waals surface area (Å²) in [5.74, 6) is 0.931. The van der Waals surface area contributed by atoms with E-state index in [2.05, 4.69) is 46.4 Å². The van der Waals surface area contributed by atoms with Crippen LogP contribution in [0.15, 0.2) is 29.3 Å². The summed E-state index contributed by atoms with van der Waals surface area (Å²) >= 11 is 0. The number of rotatable bonds is 7. The Morgan fingerprint density at radius 1 is 1.21 bits per heavy atom. The van der Waals surface area contributed by atoms with Gasteiger partial charge >= 0.3 is 0 Å². The number of guanidine groups is 1. The van der Waals surface area contributed by atoms with E-state index in [0.717, 1.165) is 65.3 Å². The van der Waals surface area contributed by atoms with Crippen molar-refractivity contribution in [1.82, 2.24) is 10.2 Å². The number of aryl methyl sites for hydroxylation is 1. The number of benzene rings is 1. The van der Waals surface area contributed by atoms with Crippen LogP contribution < -0.4 is 11.1 Å². The van der Waals surface area contributed by atoms with Crippen LogP contribution in [0.2, 0.25) is 0 Å². The summed E-state index contributed by atoms with van der Waals surface area (Å²) in [5, 5.41) is 3.25. The van der Waals surface area contributed by atoms with Crippen molar-refractivity contribution in [3.8, 4) is 0 Å². The van der Waals surface area contributed by atoms with Gasteiger partial charge in [0.05, 0.1) is 19.3 Å². The first-order chi connectivity index (χ1) is 13.2. The predicted molar refractivity (Wildman–Crippen MR) is 124 cm³/mol. The van der Waals surface area contributed by atoms with Crippen molar-refractivity contribution in [2.45, 2.75) is 32.3 Å². The average molecular weight is 502 g/mol. The van der Waals surface area contributed by atoms with Crippen molar-refractivity contribution in [3.05, 3.63) is 35.4 Å². The minimum atomic E-state index is 0. The number of nitrogens with two attached hydrogens (primary N) is 1. The zero-order valence-electron chi connectivity index (χ0n) is 16.9. The van der Waals surface area contributed by atoms with Crippen LogP contribution in [0.1, 0.15) is 36.5 Å². The van der Waals surface area contributed by atoms with Gasteiger partial charge in [-0.2, -0.15) is 0 Å². The van der Waals surface area contributed by atoms with Crippen LogP contribution in [0.5, 0.6) is 0 Å². The molecule has 2 unspecified atom stereocenters. The monoisotopic (exact) mass is 502 g/mol. The first-order valence-electron chi connectivity index (χ1n) is 10.2. The summed E-state index contributed by atoms with van der Waals surface area (Å²) in [4.78, 5) is 7.03. The van der Waals surface area contributed by atoms with Crippen LogP contribution in [0.4, 0.5) is 0 Å². The highest BCUT2D eigenvalue weighted by molar-refractivity contribution is 14.0. The van der Waals surface area contributed by atoms with Crippen LogP contribution in [0.3, 0.4) is 0 Å². The van der Waals surface area contributed by atoms with Crippen molar-refractivity contribution in [2.75, 3.05) is 52.5 Å². The van der Waals surface area contributed by atoms with Gasteiger partial charge in [-0.05, 0) is 38.3 Å². The van der Waals surface area contributed by atoms with Gasteiger partial charge in [-0.15, -0.1) is 24.0 Å². The molecular formula is C21H35IN4O2. The third-order valence-electron chi connectivity index (χ3n) is 5.41. The van der Waals surface area contributed by atoms with E-state index in [9.17, 15) is 0 Å². The summed E-state index contributed by atoms with van der Waals surface area (Å²) in [6.07, 6.45) is 3.41. The molecule has 2 aliphatic rings. The highest BCUT2D eigenvalue weighted by atomic mass is 127. The fraction of sp³-hybridized carbons (Fsp3) is 0.667. The van der Waals surface area contributed by atoms with Gasteiger partial charge in [-0.3, -0.25) is 9.89 Å². The van der Waals surface area contributed by atoms with Crippen LogP contribution in [-0.2, 0) is 9.47 Å². The number of hydrogen-bond donors (Lipinski definition) is 2. The van der Waals surface area contributed by atoms with Crippen molar-refractivity contribution in [2.24, 2.45) is 16.6 Å². The zero-order chi connectivity index (χ0) is 18.9. The second-order valence-electron chi connectivity index (χ2n) is 7.56. The van der Waals surface area contributed by atoms with E-state index in [1.165, 1.54) is 11.1 Å². The molecule has 2 fully saturated rings. The lowest BCUT2D eigenvalue weighted by molar-refractivity contribution is -0.0250. The van der Waals surface area contributed by atoms with Gasteiger partial charge < -0.3 is 20.5 Å². The van der Waals surface area contributed by atoms with Crippen molar-refractivity contribution >= 4 is 29.9 Å². The predicted octanol–water partition coefficient (Wildman–Crippen LogP) is 2.71. The lowest BCUT2D eigenvalue weighted by atomic mass is 9.89. The quantitative estimate of drug-likeness (QED) is 0.260. The summed E-state index contributed by atoms with van der Waals surface area (Å²) in [6.45, 7) is 9.35. The molecule has 0 spiro atoms. The molecule has 2 saturated heterocycles. The topological polar surface area (TPSA) is 72.1 Å². The fourth-order valence-corrected chi connectivity index (χ4v) is 3.77. The third kappa shape index (κ3) is 7.50. The summed E-state index contributed by atoms with van der Waals surface area (Å²) < 4.78 is 11.4. The molecule has 3 N–H and O–H groups in total. The van der Waals surface area contributed by atoms with E-state index in [1.807, 2.05) is 0 Å². The molecule has 2 heterocycles. The first kappa shape index (κ1) is 23.4. The van der Waals surface area contributed by atoms with E-state index in [-0.39, 0.29) is 30.1 Å². The molecule has 7 heteroatoms. The molecule has 0 saturated carbocycles. The minimum Gasteiger partial charge on any atom is -0.379 e. The maximum Gasteiger partial charge on any atom is 0.188 e. The molecule has 3 rings (SSSR count). The number of halogens is 1. The number of ether oxygens (including phenoxy) is 2. The smallest absolute Gasteiger partial charge is 0.188 e. The molecule has 6 nitrogen and oxygen atoms in total. The van der Waals surface area contributed by atoms with Crippen molar-refractivity contribution in [3.63, 3.8) is 0 Å². The normalized spacial score (nSPS) is 23.8. The van der Waals surface area contributed by atoms with Gasteiger partial charge in [0.2, 0.25) is 0 Å². The third-order valence-corrected chi connectivity index (χ3v) is 5.41. The van der Waals surface area contributed by atoms with Crippen LogP contribution in [0, 0.1) is 12.8 Å². The highest BCUT2D eigenvalue weighted by Gasteiger charge is 2.27. The van der Waals surface area contributed by atoms with Gasteiger partial charge in [-0.1, -0.05) is 29.8 Å². The van der Waals surface area contributed by atoms with E-state index in [1.54, 1.807) is 0 Å². The summed E-state index contributed by atoms with van der Waals surface area (Å²) in [5.41, 5.74) is 8.60. The molecule has 0 radical (unpaired) electrons. The number of nitrogens with zero attached hydrogens (tertiary/aromatic N) is 2. The molecule has 2 atom stereocenters. The summed E-state index contributed by atoms with van der Waals surface area (Å²) in [7, 11) is 0. The van der Waals surface area contributed by atoms with E-state index < -0.39 is 0 Å². The Morgan fingerprint density at radius 2 is 1.96 bits per heavy atom. The molecule has 2 aliphatic heterocycles. The average Bonchev–Trinajstić information content (AvgIpc) is 2.71. The van der Waals surface area contributed by atoms with Gasteiger partial charge in [0.15, 0.2) is 5.96 Å². The van der Waals surface area contributed by atoms with Gasteiger partial charge in [0, 0.05) is 38.7 Å². The van der Waals surface area contributed by atoms with E-state index in [4.69, 9.17) is 15.2 Å². The second-order valence-corrected chi connectivity index (χ2v) is 7.56. The lowest BCUT2D eigenvalue weighted by Crippen LogP contribution is -2.39. The number of morpholine rings is 1. The van der Waals surface area contributed by atoms with E-state index >= 15 is 0 Å².